The zero-order chi connectivity index (χ0) is 22.1. The van der Waals surface area contributed by atoms with Gasteiger partial charge in [0.25, 0.3) is 0 Å². The Bertz CT molecular complexity index is 1030. The van der Waals surface area contributed by atoms with Crippen molar-refractivity contribution < 1.29 is 25.7 Å². The summed E-state index contributed by atoms with van der Waals surface area (Å²) in [5.41, 5.74) is 13.0. The topological polar surface area (TPSA) is 72.0 Å². The normalized spacial score (nSPS) is 12.6. The van der Waals surface area contributed by atoms with Crippen LogP contribution in [0.2, 0.25) is 0 Å². The molecule has 0 bridgehead atoms. The van der Waals surface area contributed by atoms with Crippen molar-refractivity contribution in [2.75, 3.05) is 0 Å². The van der Waals surface area contributed by atoms with Crippen molar-refractivity contribution in [1.82, 2.24) is 0 Å². The second kappa shape index (κ2) is 13.1. The third-order valence-electron chi connectivity index (χ3n) is 4.81. The van der Waals surface area contributed by atoms with E-state index in [1.165, 1.54) is 0 Å². The second-order valence-electron chi connectivity index (χ2n) is 6.99. The molecule has 1 N–H and O–H groups in total. The number of nitrogens with zero attached hydrogens (tertiary/aromatic N) is 1. The van der Waals surface area contributed by atoms with Crippen LogP contribution in [0.25, 0.3) is 10.5 Å². The zero-order valence-corrected chi connectivity index (χ0v) is 21.1. The Morgan fingerprint density at radius 2 is 1.39 bits per heavy atom. The van der Waals surface area contributed by atoms with Crippen LogP contribution in [0.4, 0.5) is 0 Å². The number of hydrogen-bond acceptors (Lipinski definition) is 2. The number of halogens is 1. The minimum atomic E-state index is -3.76. The third kappa shape index (κ3) is 8.14. The first-order chi connectivity index (χ1) is 14.4. The summed E-state index contributed by atoms with van der Waals surface area (Å²) >= 11 is 1.82. The Labute approximate surface area is 201 Å². The van der Waals surface area contributed by atoms with Crippen LogP contribution >= 0.6 is 9.69 Å². The summed E-state index contributed by atoms with van der Waals surface area (Å²) in [6.45, 7) is 3.96. The molecule has 0 amide bonds. The van der Waals surface area contributed by atoms with Gasteiger partial charge in [-0.3, -0.25) is 0 Å². The number of sulfonamides is 1. The third-order valence-corrected chi connectivity index (χ3v) is 6.06. The summed E-state index contributed by atoms with van der Waals surface area (Å²) in [5, 5.41) is 0. The van der Waals surface area contributed by atoms with E-state index in [1.54, 1.807) is 0 Å². The second-order valence-corrected chi connectivity index (χ2v) is 8.66. The number of aryl methyl sites for hydroxylation is 2. The average Bonchev–Trinajstić information content (AvgIpc) is 2.77. The van der Waals surface area contributed by atoms with E-state index < -0.39 is 22.1 Å². The molecule has 0 aliphatic carbocycles. The summed E-state index contributed by atoms with van der Waals surface area (Å²) in [7, 11) is 0.809. The Kier molecular flexibility index (Phi) is 11.6. The quantitative estimate of drug-likeness (QED) is 0.234. The molecule has 3 rings (SSSR count). The zero-order valence-electron chi connectivity index (χ0n) is 17.8. The Morgan fingerprint density at radius 1 is 0.871 bits per heavy atom. The first kappa shape index (κ1) is 27.5. The summed E-state index contributed by atoms with van der Waals surface area (Å²) in [6, 6.07) is 22.5. The van der Waals surface area contributed by atoms with E-state index in [0.29, 0.717) is 5.56 Å². The molecule has 0 fully saturated rings. The van der Waals surface area contributed by atoms with Crippen LogP contribution < -0.4 is 0 Å². The molecule has 0 saturated heterocycles. The van der Waals surface area contributed by atoms with Crippen LogP contribution in [0.1, 0.15) is 39.9 Å². The van der Waals surface area contributed by atoms with E-state index in [9.17, 15) is 8.42 Å². The predicted octanol–water partition coefficient (Wildman–Crippen LogP) is 7.18. The minimum absolute atomic E-state index is 0. The molecule has 7 heteroatoms. The van der Waals surface area contributed by atoms with Gasteiger partial charge in [0.1, 0.15) is 0 Å². The van der Waals surface area contributed by atoms with Crippen molar-refractivity contribution in [3.63, 3.8) is 0 Å². The molecule has 0 saturated carbocycles. The molecular formula is C24H27ClN2O2RuS. The monoisotopic (exact) mass is 544 g/mol. The van der Waals surface area contributed by atoms with Crippen molar-refractivity contribution in [3.05, 3.63) is 125 Å². The van der Waals surface area contributed by atoms with Gasteiger partial charge in [0.15, 0.2) is 0 Å². The maximum absolute atomic E-state index is 12.9. The average molecular weight is 544 g/mol. The molecule has 0 spiro atoms. The van der Waals surface area contributed by atoms with Gasteiger partial charge in [0, 0.05) is 0 Å². The summed E-state index contributed by atoms with van der Waals surface area (Å²) in [5.74, 6) is -0.168. The fraction of sp³-hybridized carbons (Fsp3) is 0.208. The Balaban J connectivity index is 0.00000156. The molecule has 3 aromatic carbocycles. The number of hydrogen-bond donors (Lipinski definition) is 0. The molecule has 2 unspecified atom stereocenters. The van der Waals surface area contributed by atoms with Gasteiger partial charge in [-0.2, -0.15) is 0 Å². The summed E-state index contributed by atoms with van der Waals surface area (Å²) in [4.78, 5) is 0. The van der Waals surface area contributed by atoms with Crippen LogP contribution in [0, 0.1) is 21.3 Å². The molecule has 3 aromatic rings. The van der Waals surface area contributed by atoms with Crippen molar-refractivity contribution >= 4 is 19.7 Å². The van der Waals surface area contributed by atoms with Crippen LogP contribution in [-0.2, 0) is 33.1 Å². The molecule has 166 valence electrons. The van der Waals surface area contributed by atoms with E-state index in [4.69, 9.17) is 5.73 Å². The van der Waals surface area contributed by atoms with Gasteiger partial charge in [0.2, 0.25) is 0 Å². The van der Waals surface area contributed by atoms with Crippen LogP contribution in [-0.4, -0.2) is 8.42 Å². The maximum atomic E-state index is 12.9. The number of nitrogens with one attached hydrogen (secondary N) is 1. The van der Waals surface area contributed by atoms with E-state index in [0.717, 1.165) is 22.3 Å². The summed E-state index contributed by atoms with van der Waals surface area (Å²) < 4.78 is 29.9. The first-order valence-electron chi connectivity index (χ1n) is 9.31. The van der Waals surface area contributed by atoms with E-state index in [-0.39, 0.29) is 13.2 Å². The van der Waals surface area contributed by atoms with E-state index in [1.807, 2.05) is 110 Å². The molecule has 0 aromatic heterocycles. The Hall–Kier alpha value is -1.56. The van der Waals surface area contributed by atoms with Gasteiger partial charge in [-0.05, 0) is 30.5 Å². The molecule has 0 heterocycles. The molecule has 4 nitrogen and oxygen atoms in total. The molecule has 2 atom stereocenters. The van der Waals surface area contributed by atoms with Gasteiger partial charge in [0.05, 0.1) is 15.8 Å². The van der Waals surface area contributed by atoms with Crippen molar-refractivity contribution in [2.24, 2.45) is 0 Å². The van der Waals surface area contributed by atoms with Gasteiger partial charge < -0.3 is 17.9 Å². The fourth-order valence-electron chi connectivity index (χ4n) is 3.12. The van der Waals surface area contributed by atoms with E-state index >= 15 is 0 Å². The molecule has 0 radical (unpaired) electrons. The predicted molar refractivity (Wildman–Crippen MR) is 127 cm³/mol. The number of benzene rings is 3. The van der Waals surface area contributed by atoms with Crippen molar-refractivity contribution in [1.29, 1.82) is 0 Å². The molecule has 31 heavy (non-hydrogen) atoms. The van der Waals surface area contributed by atoms with Crippen LogP contribution in [0.15, 0.2) is 78.9 Å². The van der Waals surface area contributed by atoms with Gasteiger partial charge in [-0.1, -0.05) is 90.0 Å². The van der Waals surface area contributed by atoms with Gasteiger partial charge in [-0.15, -0.1) is 12.1 Å². The SMILES string of the molecule is Cc1ccc(CS(=O)(=O)[N-]C(c2ccccc2)C([NH-])c2ccccc2)cc1C.[CH3-].[Cl][Ru+3]. The standard InChI is InChI=1S/C23H24N2O2S.CH3.ClH.Ru/c1-17-13-14-19(15-18(17)2)16-28(26,27)25-23(21-11-7-4-8-12-21)22(24)20-9-5-3-6-10-20;;;/h3-15,22-24H,16H2,1-2H3;1H3;1H;/q-2;-1;;+4/p-1. The van der Waals surface area contributed by atoms with Crippen molar-refractivity contribution in [3.8, 4) is 0 Å². The summed E-state index contributed by atoms with van der Waals surface area (Å²) in [6.07, 6.45) is 0. The molecule has 0 aliphatic heterocycles. The molecule has 0 aliphatic rings. The Morgan fingerprint density at radius 3 is 1.90 bits per heavy atom. The number of rotatable bonds is 7. The van der Waals surface area contributed by atoms with E-state index in [2.05, 4.69) is 14.4 Å². The van der Waals surface area contributed by atoms with Crippen molar-refractivity contribution in [2.45, 2.75) is 31.7 Å². The van der Waals surface area contributed by atoms with Crippen LogP contribution in [0.5, 0.6) is 0 Å². The fourth-order valence-corrected chi connectivity index (χ4v) is 4.39. The van der Waals surface area contributed by atoms with Gasteiger partial charge >= 0.3 is 27.0 Å². The van der Waals surface area contributed by atoms with Gasteiger partial charge in [-0.25, -0.2) is 8.42 Å². The first-order valence-corrected chi connectivity index (χ1v) is 13.2. The molecular weight excluding hydrogens is 517 g/mol. The van der Waals surface area contributed by atoms with Crippen LogP contribution in [0.3, 0.4) is 0 Å².